The number of furan rings is 1. The number of rotatable bonds is 3. The maximum atomic E-state index is 13.7. The quantitative estimate of drug-likeness (QED) is 0.946. The minimum atomic E-state index is -0.259. The van der Waals surface area contributed by atoms with E-state index < -0.39 is 0 Å². The first-order chi connectivity index (χ1) is 9.63. The van der Waals surface area contributed by atoms with E-state index in [1.54, 1.807) is 12.1 Å². The van der Waals surface area contributed by atoms with E-state index >= 15 is 0 Å². The van der Waals surface area contributed by atoms with Gasteiger partial charge in [0.15, 0.2) is 0 Å². The minimum Gasteiger partial charge on any atom is -0.460 e. The largest absolute Gasteiger partial charge is 0.460 e. The minimum absolute atomic E-state index is 0. The lowest BCUT2D eigenvalue weighted by atomic mass is 10.1. The van der Waals surface area contributed by atoms with Gasteiger partial charge < -0.3 is 10.2 Å². The Kier molecular flexibility index (Phi) is 5.04. The van der Waals surface area contributed by atoms with Gasteiger partial charge in [-0.2, -0.15) is 0 Å². The summed E-state index contributed by atoms with van der Waals surface area (Å²) < 4.78 is 19.5. The fraction of sp³-hybridized carbons (Fsp3) is 0.375. The van der Waals surface area contributed by atoms with Crippen molar-refractivity contribution < 1.29 is 8.81 Å². The summed E-state index contributed by atoms with van der Waals surface area (Å²) in [6.45, 7) is 4.76. The second kappa shape index (κ2) is 6.60. The molecule has 1 fully saturated rings. The lowest BCUT2D eigenvalue weighted by molar-refractivity contribution is 0.289. The third-order valence-electron chi connectivity index (χ3n) is 3.93. The summed E-state index contributed by atoms with van der Waals surface area (Å²) in [5.41, 5.74) is 6.52. The van der Waals surface area contributed by atoms with E-state index in [2.05, 4.69) is 11.8 Å². The molecule has 0 aliphatic carbocycles. The van der Waals surface area contributed by atoms with Crippen molar-refractivity contribution >= 4 is 12.4 Å². The van der Waals surface area contributed by atoms with Gasteiger partial charge in [0.05, 0.1) is 12.1 Å². The number of halogens is 2. The molecule has 3 nitrogen and oxygen atoms in total. The molecule has 2 heterocycles. The van der Waals surface area contributed by atoms with E-state index in [1.165, 1.54) is 6.07 Å². The van der Waals surface area contributed by atoms with Gasteiger partial charge in [0, 0.05) is 19.1 Å². The van der Waals surface area contributed by atoms with Crippen molar-refractivity contribution in [2.75, 3.05) is 13.1 Å². The Morgan fingerprint density at radius 3 is 2.67 bits per heavy atom. The van der Waals surface area contributed by atoms with Crippen molar-refractivity contribution in [3.8, 4) is 11.3 Å². The summed E-state index contributed by atoms with van der Waals surface area (Å²) in [4.78, 5) is 2.28. The van der Waals surface area contributed by atoms with E-state index in [0.29, 0.717) is 17.2 Å². The Labute approximate surface area is 130 Å². The molecule has 2 atom stereocenters. The van der Waals surface area contributed by atoms with E-state index in [4.69, 9.17) is 10.2 Å². The normalized spacial score (nSPS) is 22.2. The molecule has 0 radical (unpaired) electrons. The molecular formula is C16H20ClFN2O. The summed E-state index contributed by atoms with van der Waals surface area (Å²) in [7, 11) is 0. The molecule has 2 unspecified atom stereocenters. The van der Waals surface area contributed by atoms with E-state index in [-0.39, 0.29) is 24.3 Å². The van der Waals surface area contributed by atoms with Crippen LogP contribution in [0.2, 0.25) is 0 Å². The van der Waals surface area contributed by atoms with Gasteiger partial charge in [-0.25, -0.2) is 4.39 Å². The Morgan fingerprint density at radius 2 is 2.00 bits per heavy atom. The van der Waals surface area contributed by atoms with Gasteiger partial charge in [-0.15, -0.1) is 12.4 Å². The summed E-state index contributed by atoms with van der Waals surface area (Å²) in [6, 6.07) is 10.6. The van der Waals surface area contributed by atoms with Gasteiger partial charge in [-0.3, -0.25) is 4.90 Å². The maximum absolute atomic E-state index is 13.7. The molecule has 1 saturated heterocycles. The fourth-order valence-electron chi connectivity index (χ4n) is 2.71. The highest BCUT2D eigenvalue weighted by molar-refractivity contribution is 5.85. The van der Waals surface area contributed by atoms with Crippen LogP contribution in [0.15, 0.2) is 40.8 Å². The van der Waals surface area contributed by atoms with Crippen molar-refractivity contribution in [1.82, 2.24) is 4.90 Å². The number of nitrogens with two attached hydrogens (primary N) is 1. The second-order valence-electron chi connectivity index (χ2n) is 5.58. The molecule has 0 bridgehead atoms. The molecule has 0 spiro atoms. The van der Waals surface area contributed by atoms with Crippen molar-refractivity contribution in [2.24, 2.45) is 11.7 Å². The summed E-state index contributed by atoms with van der Waals surface area (Å²) in [5, 5.41) is 0. The number of hydrogen-bond donors (Lipinski definition) is 1. The van der Waals surface area contributed by atoms with E-state index in [9.17, 15) is 4.39 Å². The lowest BCUT2D eigenvalue weighted by Gasteiger charge is -2.12. The topological polar surface area (TPSA) is 42.4 Å². The Hall–Kier alpha value is -1.36. The smallest absolute Gasteiger partial charge is 0.137 e. The average molecular weight is 311 g/mol. The van der Waals surface area contributed by atoms with Crippen LogP contribution in [-0.4, -0.2) is 24.0 Å². The number of benzene rings is 1. The molecule has 0 amide bonds. The summed E-state index contributed by atoms with van der Waals surface area (Å²) in [5.74, 6) is 1.68. The van der Waals surface area contributed by atoms with Gasteiger partial charge in [-0.05, 0) is 30.2 Å². The predicted molar refractivity (Wildman–Crippen MR) is 83.8 cm³/mol. The van der Waals surface area contributed by atoms with Gasteiger partial charge in [0.1, 0.15) is 17.3 Å². The molecule has 1 aromatic carbocycles. The average Bonchev–Trinajstić information content (AvgIpc) is 2.98. The molecule has 1 aliphatic rings. The first-order valence-electron chi connectivity index (χ1n) is 6.95. The highest BCUT2D eigenvalue weighted by Crippen LogP contribution is 2.26. The van der Waals surface area contributed by atoms with Crippen molar-refractivity contribution in [2.45, 2.75) is 19.5 Å². The molecule has 2 N–H and O–H groups in total. The van der Waals surface area contributed by atoms with Crippen molar-refractivity contribution in [1.29, 1.82) is 0 Å². The van der Waals surface area contributed by atoms with Crippen LogP contribution in [0, 0.1) is 11.7 Å². The highest BCUT2D eigenvalue weighted by atomic mass is 35.5. The predicted octanol–water partition coefficient (Wildman–Crippen LogP) is 3.29. The van der Waals surface area contributed by atoms with Gasteiger partial charge in [0.25, 0.3) is 0 Å². The summed E-state index contributed by atoms with van der Waals surface area (Å²) >= 11 is 0. The third kappa shape index (κ3) is 3.46. The number of hydrogen-bond acceptors (Lipinski definition) is 3. The molecule has 114 valence electrons. The van der Waals surface area contributed by atoms with Crippen molar-refractivity contribution in [3.05, 3.63) is 48.0 Å². The monoisotopic (exact) mass is 310 g/mol. The lowest BCUT2D eigenvalue weighted by Crippen LogP contribution is -2.28. The third-order valence-corrected chi connectivity index (χ3v) is 3.93. The van der Waals surface area contributed by atoms with Crippen LogP contribution >= 0.6 is 12.4 Å². The van der Waals surface area contributed by atoms with Crippen LogP contribution in [0.25, 0.3) is 11.3 Å². The maximum Gasteiger partial charge on any atom is 0.137 e. The molecule has 0 saturated carbocycles. The SMILES string of the molecule is CC1CN(Cc2ccc(-c3ccccc3F)o2)CC1N.Cl. The molecular weight excluding hydrogens is 291 g/mol. The molecule has 3 rings (SSSR count). The zero-order valence-corrected chi connectivity index (χ0v) is 12.8. The Morgan fingerprint density at radius 1 is 1.24 bits per heavy atom. The van der Waals surface area contributed by atoms with Crippen LogP contribution in [0.3, 0.4) is 0 Å². The molecule has 5 heteroatoms. The van der Waals surface area contributed by atoms with Crippen LogP contribution < -0.4 is 5.73 Å². The van der Waals surface area contributed by atoms with Crippen LogP contribution in [-0.2, 0) is 6.54 Å². The first-order valence-corrected chi connectivity index (χ1v) is 6.95. The molecule has 2 aromatic rings. The zero-order chi connectivity index (χ0) is 14.1. The van der Waals surface area contributed by atoms with E-state index in [0.717, 1.165) is 25.4 Å². The van der Waals surface area contributed by atoms with Gasteiger partial charge >= 0.3 is 0 Å². The highest BCUT2D eigenvalue weighted by Gasteiger charge is 2.27. The summed E-state index contributed by atoms with van der Waals surface area (Å²) in [6.07, 6.45) is 0. The fourth-order valence-corrected chi connectivity index (χ4v) is 2.71. The Bertz CT molecular complexity index is 591. The van der Waals surface area contributed by atoms with E-state index in [1.807, 2.05) is 18.2 Å². The van der Waals surface area contributed by atoms with Gasteiger partial charge in [-0.1, -0.05) is 19.1 Å². The standard InChI is InChI=1S/C16H19FN2O.ClH/c1-11-8-19(10-15(11)18)9-12-6-7-16(20-12)13-4-2-3-5-14(13)17;/h2-7,11,15H,8-10,18H2,1H3;1H. The number of likely N-dealkylation sites (tertiary alicyclic amines) is 1. The second-order valence-corrected chi connectivity index (χ2v) is 5.58. The zero-order valence-electron chi connectivity index (χ0n) is 12.0. The first kappa shape index (κ1) is 16.0. The molecule has 1 aromatic heterocycles. The molecule has 1 aliphatic heterocycles. The van der Waals surface area contributed by atoms with Gasteiger partial charge in [0.2, 0.25) is 0 Å². The van der Waals surface area contributed by atoms with Crippen LogP contribution in [0.4, 0.5) is 4.39 Å². The number of nitrogens with zero attached hydrogens (tertiary/aromatic N) is 1. The van der Waals surface area contributed by atoms with Crippen LogP contribution in [0.5, 0.6) is 0 Å². The van der Waals surface area contributed by atoms with Crippen LogP contribution in [0.1, 0.15) is 12.7 Å². The Balaban J connectivity index is 0.00000161. The van der Waals surface area contributed by atoms with Crippen molar-refractivity contribution in [3.63, 3.8) is 0 Å². The molecule has 21 heavy (non-hydrogen) atoms.